The molecule has 1 rings (SSSR count). The first-order valence-electron chi connectivity index (χ1n) is 15.3. The van der Waals surface area contributed by atoms with E-state index in [1.54, 1.807) is 0 Å². The van der Waals surface area contributed by atoms with Gasteiger partial charge in [-0.1, -0.05) is 51.4 Å². The Balaban J connectivity index is 2.85. The molecule has 14 nitrogen and oxygen atoms in total. The molecule has 2 amide bonds. The highest BCUT2D eigenvalue weighted by molar-refractivity contribution is 6.76. The first-order chi connectivity index (χ1) is 20.6. The fourth-order valence-electron chi connectivity index (χ4n) is 4.18. The van der Waals surface area contributed by atoms with E-state index < -0.39 is 64.3 Å². The summed E-state index contributed by atoms with van der Waals surface area (Å²) >= 11 is 0. The van der Waals surface area contributed by atoms with Gasteiger partial charge in [0, 0.05) is 29.2 Å². The van der Waals surface area contributed by atoms with Crippen molar-refractivity contribution in [3.63, 3.8) is 0 Å². The van der Waals surface area contributed by atoms with Crippen molar-refractivity contribution in [3.05, 3.63) is 0 Å². The lowest BCUT2D eigenvalue weighted by Crippen LogP contribution is -2.50. The zero-order valence-electron chi connectivity index (χ0n) is 27.2. The second kappa shape index (κ2) is 21.0. The molecule has 0 radical (unpaired) electrons. The molecule has 0 saturated carbocycles. The Hall–Kier alpha value is -1.93. The number of carbonyl (C=O) groups is 4. The molecule has 16 heteroatoms. The van der Waals surface area contributed by atoms with Crippen molar-refractivity contribution < 1.29 is 57.8 Å². The smallest absolute Gasteiger partial charge is 0.336 e. The van der Waals surface area contributed by atoms with E-state index >= 15 is 0 Å². The molecule has 1 saturated heterocycles. The molecule has 256 valence electrons. The van der Waals surface area contributed by atoms with Gasteiger partial charge in [0.15, 0.2) is 24.4 Å². The molecule has 44 heavy (non-hydrogen) atoms. The molecule has 0 aromatic rings. The van der Waals surface area contributed by atoms with Crippen LogP contribution in [0, 0.1) is 0 Å². The number of carboxylic acids is 2. The normalized spacial score (nSPS) is 24.0. The number of hydrogen-bond donors (Lipinski definition) is 4. The number of rotatable bonds is 12. The standard InChI is InChI=1S/C28H54N2O12Si2/c1-43(2,3)19-7-9-29-25(31)21-23(27(33)34)41-17-13-38-12-16-40-22(26(32)30-10-8-20-44(4,5)6)24(28(35)36)42-18-14-37-11-15-39-21/h21-24H,7-20H2,1-6H3,(H,29,31)(H,30,32)(H,33,34)(H,35,36)/t21-,22-,23-,24-/m1/s1. The average Bonchev–Trinajstić information content (AvgIpc) is 2.91. The van der Waals surface area contributed by atoms with E-state index in [4.69, 9.17) is 28.4 Å². The molecule has 0 spiro atoms. The number of aliphatic carboxylic acids is 2. The maximum atomic E-state index is 12.9. The Kier molecular flexibility index (Phi) is 19.1. The molecule has 4 atom stereocenters. The number of nitrogens with one attached hydrogen (secondary N) is 2. The summed E-state index contributed by atoms with van der Waals surface area (Å²) in [7, 11) is -2.59. The van der Waals surface area contributed by atoms with Gasteiger partial charge in [0.2, 0.25) is 0 Å². The predicted molar refractivity (Wildman–Crippen MR) is 167 cm³/mol. The van der Waals surface area contributed by atoms with Crippen LogP contribution in [0.15, 0.2) is 0 Å². The SMILES string of the molecule is C[Si](C)(C)CCCNC(=O)[C@@H]1OCCOCCO[C@@H](C(=O)O)[C@H](C(=O)NCCC[Si](C)(C)C)OCCOCCO[C@H]1C(=O)O. The van der Waals surface area contributed by atoms with E-state index in [-0.39, 0.29) is 52.9 Å². The first-order valence-corrected chi connectivity index (χ1v) is 22.7. The summed E-state index contributed by atoms with van der Waals surface area (Å²) in [5, 5.41) is 25.1. The van der Waals surface area contributed by atoms with Gasteiger partial charge in [-0.2, -0.15) is 0 Å². The summed E-state index contributed by atoms with van der Waals surface area (Å²) in [6, 6.07) is 2.00. The van der Waals surface area contributed by atoms with Crippen molar-refractivity contribution in [2.45, 2.75) is 88.6 Å². The summed E-state index contributed by atoms with van der Waals surface area (Å²) in [6.07, 6.45) is -4.49. The maximum absolute atomic E-state index is 12.9. The summed E-state index contributed by atoms with van der Waals surface area (Å²) in [6.45, 7) is 13.4. The van der Waals surface area contributed by atoms with Gasteiger partial charge in [-0.05, 0) is 12.8 Å². The van der Waals surface area contributed by atoms with Crippen LogP contribution in [0.3, 0.4) is 0 Å². The van der Waals surface area contributed by atoms with E-state index in [9.17, 15) is 29.4 Å². The molecule has 0 aromatic carbocycles. The summed E-state index contributed by atoms with van der Waals surface area (Å²) in [5.41, 5.74) is 0. The number of carbonyl (C=O) groups excluding carboxylic acids is 2. The maximum Gasteiger partial charge on any atom is 0.336 e. The predicted octanol–water partition coefficient (Wildman–Crippen LogP) is 1.43. The third kappa shape index (κ3) is 18.1. The van der Waals surface area contributed by atoms with Crippen LogP contribution in [0.1, 0.15) is 12.8 Å². The largest absolute Gasteiger partial charge is 0.479 e. The molecular weight excluding hydrogens is 612 g/mol. The summed E-state index contributed by atoms with van der Waals surface area (Å²) in [4.78, 5) is 49.8. The topological polar surface area (TPSA) is 188 Å². The van der Waals surface area contributed by atoms with Crippen molar-refractivity contribution in [2.75, 3.05) is 65.9 Å². The second-order valence-electron chi connectivity index (χ2n) is 13.0. The number of ether oxygens (including phenoxy) is 6. The Morgan fingerprint density at radius 1 is 0.545 bits per heavy atom. The van der Waals surface area contributed by atoms with Crippen LogP contribution in [0.4, 0.5) is 0 Å². The van der Waals surface area contributed by atoms with Crippen molar-refractivity contribution in [1.29, 1.82) is 0 Å². The van der Waals surface area contributed by atoms with Gasteiger partial charge in [-0.15, -0.1) is 0 Å². The minimum Gasteiger partial charge on any atom is -0.479 e. The van der Waals surface area contributed by atoms with Crippen molar-refractivity contribution in [1.82, 2.24) is 10.6 Å². The Bertz CT molecular complexity index is 812. The zero-order chi connectivity index (χ0) is 33.2. The van der Waals surface area contributed by atoms with Gasteiger partial charge < -0.3 is 49.3 Å². The van der Waals surface area contributed by atoms with Gasteiger partial charge in [0.1, 0.15) is 0 Å². The number of hydrogen-bond acceptors (Lipinski definition) is 10. The van der Waals surface area contributed by atoms with E-state index in [1.165, 1.54) is 0 Å². The van der Waals surface area contributed by atoms with E-state index in [0.29, 0.717) is 13.1 Å². The number of carboxylic acid groups (broad SMARTS) is 2. The molecule has 1 heterocycles. The molecule has 0 unspecified atom stereocenters. The quantitative estimate of drug-likeness (QED) is 0.174. The van der Waals surface area contributed by atoms with E-state index in [1.807, 2.05) is 0 Å². The van der Waals surface area contributed by atoms with Crippen LogP contribution in [0.2, 0.25) is 51.4 Å². The summed E-state index contributed by atoms with van der Waals surface area (Å²) < 4.78 is 33.1. The van der Waals surface area contributed by atoms with Crippen LogP contribution in [0.25, 0.3) is 0 Å². The van der Waals surface area contributed by atoms with Crippen LogP contribution >= 0.6 is 0 Å². The van der Waals surface area contributed by atoms with Gasteiger partial charge in [0.25, 0.3) is 11.8 Å². The lowest BCUT2D eigenvalue weighted by molar-refractivity contribution is -0.175. The molecule has 4 N–H and O–H groups in total. The van der Waals surface area contributed by atoms with E-state index in [0.717, 1.165) is 24.9 Å². The van der Waals surface area contributed by atoms with Crippen molar-refractivity contribution in [3.8, 4) is 0 Å². The molecule has 1 aliphatic heterocycles. The third-order valence-electron chi connectivity index (χ3n) is 6.46. The van der Waals surface area contributed by atoms with Gasteiger partial charge in [-0.25, -0.2) is 9.59 Å². The van der Waals surface area contributed by atoms with Crippen LogP contribution in [-0.2, 0) is 47.6 Å². The minimum absolute atomic E-state index is 0.0343. The zero-order valence-corrected chi connectivity index (χ0v) is 29.2. The van der Waals surface area contributed by atoms with Gasteiger partial charge >= 0.3 is 11.9 Å². The van der Waals surface area contributed by atoms with Gasteiger partial charge in [0.05, 0.1) is 52.9 Å². The molecule has 0 bridgehead atoms. The summed E-state index contributed by atoms with van der Waals surface area (Å²) in [5.74, 6) is -3.93. The van der Waals surface area contributed by atoms with Gasteiger partial charge in [-0.3, -0.25) is 9.59 Å². The van der Waals surface area contributed by atoms with Crippen molar-refractivity contribution >= 4 is 39.9 Å². The molecular formula is C28H54N2O12Si2. The molecule has 1 aliphatic rings. The number of amides is 2. The highest BCUT2D eigenvalue weighted by atomic mass is 28.3. The molecule has 1 fully saturated rings. The lowest BCUT2D eigenvalue weighted by atomic mass is 10.2. The highest BCUT2D eigenvalue weighted by Crippen LogP contribution is 2.13. The van der Waals surface area contributed by atoms with Crippen LogP contribution < -0.4 is 10.6 Å². The average molecular weight is 667 g/mol. The lowest BCUT2D eigenvalue weighted by Gasteiger charge is -2.25. The van der Waals surface area contributed by atoms with Crippen LogP contribution in [0.5, 0.6) is 0 Å². The third-order valence-corrected chi connectivity index (χ3v) is 10.2. The second-order valence-corrected chi connectivity index (χ2v) is 24.2. The Labute approximate surface area is 262 Å². The minimum atomic E-state index is -1.58. The van der Waals surface area contributed by atoms with Crippen LogP contribution in [-0.4, -0.2) is 140 Å². The Morgan fingerprint density at radius 3 is 1.11 bits per heavy atom. The highest BCUT2D eigenvalue weighted by Gasteiger charge is 2.37. The first kappa shape index (κ1) is 40.1. The monoisotopic (exact) mass is 666 g/mol. The van der Waals surface area contributed by atoms with E-state index in [2.05, 4.69) is 49.9 Å². The molecule has 0 aliphatic carbocycles. The fourth-order valence-corrected chi connectivity index (χ4v) is 6.65. The molecule has 0 aromatic heterocycles. The van der Waals surface area contributed by atoms with Crippen molar-refractivity contribution in [2.24, 2.45) is 0 Å². The Morgan fingerprint density at radius 2 is 0.841 bits per heavy atom. The fraction of sp³-hybridized carbons (Fsp3) is 0.857.